The molecule has 152 valence electrons. The van der Waals surface area contributed by atoms with Crippen molar-refractivity contribution < 1.29 is 9.53 Å². The SMILES string of the molecule is COc1cccc(-n2ccnc2SCC(=O)NCC(c2ccccc2)N(C)C)c1. The number of thioether (sulfide) groups is 1. The van der Waals surface area contributed by atoms with Crippen LogP contribution < -0.4 is 10.1 Å². The van der Waals surface area contributed by atoms with Crippen LogP contribution in [0.2, 0.25) is 0 Å². The zero-order valence-corrected chi connectivity index (χ0v) is 17.7. The number of amides is 1. The van der Waals surface area contributed by atoms with Crippen molar-refractivity contribution in [3.8, 4) is 11.4 Å². The van der Waals surface area contributed by atoms with Crippen molar-refractivity contribution in [2.45, 2.75) is 11.2 Å². The molecule has 29 heavy (non-hydrogen) atoms. The molecule has 1 amide bonds. The Labute approximate surface area is 175 Å². The quantitative estimate of drug-likeness (QED) is 0.548. The number of likely N-dealkylation sites (N-methyl/N-ethyl adjacent to an activating group) is 1. The summed E-state index contributed by atoms with van der Waals surface area (Å²) in [6, 6.07) is 18.1. The van der Waals surface area contributed by atoms with Gasteiger partial charge in [-0.2, -0.15) is 0 Å². The third-order valence-electron chi connectivity index (χ3n) is 4.57. The van der Waals surface area contributed by atoms with Crippen LogP contribution in [0.3, 0.4) is 0 Å². The van der Waals surface area contributed by atoms with E-state index in [4.69, 9.17) is 4.74 Å². The Morgan fingerprint density at radius 3 is 2.72 bits per heavy atom. The zero-order chi connectivity index (χ0) is 20.6. The number of rotatable bonds is 9. The number of hydrogen-bond donors (Lipinski definition) is 1. The minimum Gasteiger partial charge on any atom is -0.497 e. The first kappa shape index (κ1) is 21.0. The van der Waals surface area contributed by atoms with Crippen LogP contribution in [0.5, 0.6) is 5.75 Å². The van der Waals surface area contributed by atoms with Gasteiger partial charge >= 0.3 is 0 Å². The maximum atomic E-state index is 12.4. The van der Waals surface area contributed by atoms with Crippen molar-refractivity contribution in [1.82, 2.24) is 19.8 Å². The van der Waals surface area contributed by atoms with E-state index in [1.807, 2.05) is 67.3 Å². The van der Waals surface area contributed by atoms with Gasteiger partial charge in [0.2, 0.25) is 5.91 Å². The van der Waals surface area contributed by atoms with Crippen molar-refractivity contribution in [3.63, 3.8) is 0 Å². The van der Waals surface area contributed by atoms with E-state index in [2.05, 4.69) is 27.3 Å². The van der Waals surface area contributed by atoms with Gasteiger partial charge in [0, 0.05) is 25.0 Å². The number of imidazole rings is 1. The van der Waals surface area contributed by atoms with Crippen LogP contribution in [0.15, 0.2) is 72.1 Å². The van der Waals surface area contributed by atoms with Crippen LogP contribution >= 0.6 is 11.8 Å². The van der Waals surface area contributed by atoms with Gasteiger partial charge in [-0.3, -0.25) is 9.36 Å². The van der Waals surface area contributed by atoms with E-state index in [1.54, 1.807) is 13.3 Å². The van der Waals surface area contributed by atoms with E-state index in [1.165, 1.54) is 17.3 Å². The summed E-state index contributed by atoms with van der Waals surface area (Å²) < 4.78 is 7.24. The number of methoxy groups -OCH3 is 1. The number of ether oxygens (including phenoxy) is 1. The Bertz CT molecular complexity index is 927. The molecular weight excluding hydrogens is 384 g/mol. The molecule has 2 aromatic carbocycles. The molecule has 0 spiro atoms. The van der Waals surface area contributed by atoms with Crippen molar-refractivity contribution in [3.05, 3.63) is 72.6 Å². The average molecular weight is 411 g/mol. The Morgan fingerprint density at radius 2 is 2.00 bits per heavy atom. The Balaban J connectivity index is 1.58. The lowest BCUT2D eigenvalue weighted by atomic mass is 10.1. The van der Waals surface area contributed by atoms with Gasteiger partial charge in [0.1, 0.15) is 5.75 Å². The van der Waals surface area contributed by atoms with Gasteiger partial charge in [-0.05, 0) is 31.8 Å². The predicted octanol–water partition coefficient (Wildman–Crippen LogP) is 3.39. The average Bonchev–Trinajstić information content (AvgIpc) is 3.21. The molecule has 7 heteroatoms. The highest BCUT2D eigenvalue weighted by Crippen LogP contribution is 2.23. The number of nitrogens with zero attached hydrogens (tertiary/aromatic N) is 3. The molecule has 0 fully saturated rings. The first-order valence-electron chi connectivity index (χ1n) is 9.37. The first-order chi connectivity index (χ1) is 14.1. The predicted molar refractivity (Wildman–Crippen MR) is 117 cm³/mol. The van der Waals surface area contributed by atoms with E-state index in [0.717, 1.165) is 16.6 Å². The maximum Gasteiger partial charge on any atom is 0.230 e. The van der Waals surface area contributed by atoms with Crippen LogP contribution in [0.25, 0.3) is 5.69 Å². The molecule has 0 aliphatic carbocycles. The van der Waals surface area contributed by atoms with Crippen LogP contribution in [-0.4, -0.2) is 53.9 Å². The largest absolute Gasteiger partial charge is 0.497 e. The molecule has 3 rings (SSSR count). The smallest absolute Gasteiger partial charge is 0.230 e. The fourth-order valence-corrected chi connectivity index (χ4v) is 3.82. The molecule has 6 nitrogen and oxygen atoms in total. The summed E-state index contributed by atoms with van der Waals surface area (Å²) in [5.74, 6) is 1.06. The second-order valence-corrected chi connectivity index (χ2v) is 7.71. The monoisotopic (exact) mass is 410 g/mol. The summed E-state index contributed by atoms with van der Waals surface area (Å²) in [6.45, 7) is 0.556. The number of benzene rings is 2. The van der Waals surface area contributed by atoms with Crippen molar-refractivity contribution in [2.75, 3.05) is 33.5 Å². The molecule has 1 aromatic heterocycles. The van der Waals surface area contributed by atoms with E-state index in [0.29, 0.717) is 12.3 Å². The zero-order valence-electron chi connectivity index (χ0n) is 16.9. The molecule has 0 saturated carbocycles. The topological polar surface area (TPSA) is 59.4 Å². The lowest BCUT2D eigenvalue weighted by Gasteiger charge is -2.25. The fourth-order valence-electron chi connectivity index (χ4n) is 3.02. The number of hydrogen-bond acceptors (Lipinski definition) is 5. The minimum absolute atomic E-state index is 0.0158. The van der Waals surface area contributed by atoms with Crippen LogP contribution in [0.4, 0.5) is 0 Å². The normalized spacial score (nSPS) is 12.0. The number of nitrogens with one attached hydrogen (secondary N) is 1. The molecule has 0 saturated heterocycles. The molecule has 0 aliphatic heterocycles. The lowest BCUT2D eigenvalue weighted by molar-refractivity contribution is -0.118. The molecule has 3 aromatic rings. The Hall–Kier alpha value is -2.77. The summed E-state index contributed by atoms with van der Waals surface area (Å²) in [5, 5.41) is 3.81. The highest BCUT2D eigenvalue weighted by Gasteiger charge is 2.16. The van der Waals surface area contributed by atoms with E-state index < -0.39 is 0 Å². The summed E-state index contributed by atoms with van der Waals surface area (Å²) >= 11 is 1.41. The van der Waals surface area contributed by atoms with Crippen LogP contribution in [0, 0.1) is 0 Å². The van der Waals surface area contributed by atoms with Gasteiger partial charge < -0.3 is 15.0 Å². The van der Waals surface area contributed by atoms with Gasteiger partial charge in [0.25, 0.3) is 0 Å². The third-order valence-corrected chi connectivity index (χ3v) is 5.54. The Morgan fingerprint density at radius 1 is 1.21 bits per heavy atom. The number of carbonyl (C=O) groups excluding carboxylic acids is 1. The number of carbonyl (C=O) groups is 1. The van der Waals surface area contributed by atoms with Gasteiger partial charge in [-0.1, -0.05) is 48.2 Å². The van der Waals surface area contributed by atoms with Crippen molar-refractivity contribution >= 4 is 17.7 Å². The second-order valence-electron chi connectivity index (χ2n) is 6.76. The van der Waals surface area contributed by atoms with Crippen molar-refractivity contribution in [1.29, 1.82) is 0 Å². The molecule has 1 unspecified atom stereocenters. The second kappa shape index (κ2) is 10.1. The fraction of sp³-hybridized carbons (Fsp3) is 0.273. The number of aromatic nitrogens is 2. The highest BCUT2D eigenvalue weighted by atomic mass is 32.2. The van der Waals surface area contributed by atoms with E-state index >= 15 is 0 Å². The highest BCUT2D eigenvalue weighted by molar-refractivity contribution is 7.99. The summed E-state index contributed by atoms with van der Waals surface area (Å²) in [6.07, 6.45) is 3.61. The lowest BCUT2D eigenvalue weighted by Crippen LogP contribution is -2.35. The standard InChI is InChI=1S/C22H26N4O2S/c1-25(2)20(17-8-5-4-6-9-17)15-24-21(27)16-29-22-23-12-13-26(22)18-10-7-11-19(14-18)28-3/h4-14,20H,15-16H2,1-3H3,(H,24,27). The van der Waals surface area contributed by atoms with Crippen LogP contribution in [0.1, 0.15) is 11.6 Å². The van der Waals surface area contributed by atoms with Crippen molar-refractivity contribution in [2.24, 2.45) is 0 Å². The minimum atomic E-state index is -0.0158. The third kappa shape index (κ3) is 5.62. The summed E-state index contributed by atoms with van der Waals surface area (Å²) in [7, 11) is 5.68. The summed E-state index contributed by atoms with van der Waals surface area (Å²) in [5.41, 5.74) is 2.13. The van der Waals surface area contributed by atoms with Gasteiger partial charge in [-0.15, -0.1) is 0 Å². The molecule has 0 aliphatic rings. The molecular formula is C22H26N4O2S. The first-order valence-corrected chi connectivity index (χ1v) is 10.4. The molecule has 0 bridgehead atoms. The summed E-state index contributed by atoms with van der Waals surface area (Å²) in [4.78, 5) is 18.9. The molecule has 1 atom stereocenters. The van der Waals surface area contributed by atoms with E-state index in [9.17, 15) is 4.79 Å². The Kier molecular flexibility index (Phi) is 7.32. The van der Waals surface area contributed by atoms with Gasteiger partial charge in [0.05, 0.1) is 24.6 Å². The van der Waals surface area contributed by atoms with Gasteiger partial charge in [0.15, 0.2) is 5.16 Å². The molecule has 0 radical (unpaired) electrons. The maximum absolute atomic E-state index is 12.4. The van der Waals surface area contributed by atoms with Crippen LogP contribution in [-0.2, 0) is 4.79 Å². The van der Waals surface area contributed by atoms with E-state index in [-0.39, 0.29) is 11.9 Å². The van der Waals surface area contributed by atoms with Gasteiger partial charge in [-0.25, -0.2) is 4.98 Å². The molecule has 1 N–H and O–H groups in total. The molecule has 1 heterocycles.